The second kappa shape index (κ2) is 5.16. The highest BCUT2D eigenvalue weighted by Gasteiger charge is 2.37. The third-order valence-electron chi connectivity index (χ3n) is 1.69. The molecule has 0 amide bonds. The maximum Gasteiger partial charge on any atom is 0.414 e. The fraction of sp³-hybridized carbons (Fsp3) is 0.857. The number of carboxylic acid groups (broad SMARTS) is 1. The summed E-state index contributed by atoms with van der Waals surface area (Å²) in [6, 6.07) is -1.17. The summed E-state index contributed by atoms with van der Waals surface area (Å²) in [6.07, 6.45) is -7.72. The van der Waals surface area contributed by atoms with Crippen LogP contribution in [0.4, 0.5) is 13.2 Å². The molecule has 0 radical (unpaired) electrons. The van der Waals surface area contributed by atoms with Crippen LogP contribution in [-0.4, -0.2) is 34.5 Å². The van der Waals surface area contributed by atoms with Crippen molar-refractivity contribution in [2.75, 3.05) is 0 Å². The number of hydrogen-bond donors (Lipinski definition) is 3. The summed E-state index contributed by atoms with van der Waals surface area (Å²) in [5.74, 6) is -1.26. The minimum atomic E-state index is -4.65. The third-order valence-corrected chi connectivity index (χ3v) is 1.69. The zero-order chi connectivity index (χ0) is 11.4. The Balaban J connectivity index is 3.70. The molecule has 14 heavy (non-hydrogen) atoms. The predicted molar refractivity (Wildman–Crippen MR) is 41.5 cm³/mol. The maximum absolute atomic E-state index is 11.7. The van der Waals surface area contributed by atoms with Gasteiger partial charge in [0, 0.05) is 0 Å². The molecule has 4 nitrogen and oxygen atoms in total. The van der Waals surface area contributed by atoms with Gasteiger partial charge in [-0.2, -0.15) is 13.2 Å². The number of halogens is 3. The first-order valence-corrected chi connectivity index (χ1v) is 3.98. The van der Waals surface area contributed by atoms with Crippen molar-refractivity contribution >= 4 is 5.97 Å². The summed E-state index contributed by atoms with van der Waals surface area (Å²) >= 11 is 0. The van der Waals surface area contributed by atoms with Crippen molar-refractivity contribution in [2.45, 2.75) is 37.6 Å². The van der Waals surface area contributed by atoms with E-state index in [2.05, 4.69) is 0 Å². The Hall–Kier alpha value is -0.820. The largest absolute Gasteiger partial charge is 0.480 e. The van der Waals surface area contributed by atoms with Crippen LogP contribution in [-0.2, 0) is 4.79 Å². The number of aliphatic hydroxyl groups excluding tert-OH is 1. The van der Waals surface area contributed by atoms with Gasteiger partial charge < -0.3 is 15.9 Å². The average molecular weight is 215 g/mol. The summed E-state index contributed by atoms with van der Waals surface area (Å²) in [6.45, 7) is 0. The number of hydrogen-bond acceptors (Lipinski definition) is 3. The number of rotatable bonds is 5. The zero-order valence-corrected chi connectivity index (χ0v) is 7.29. The molecule has 7 heteroatoms. The summed E-state index contributed by atoms with van der Waals surface area (Å²) < 4.78 is 35.2. The molecule has 1 unspecified atom stereocenters. The highest BCUT2D eigenvalue weighted by atomic mass is 19.4. The number of aliphatic carboxylic acids is 1. The zero-order valence-electron chi connectivity index (χ0n) is 7.29. The molecule has 0 aliphatic carbocycles. The van der Waals surface area contributed by atoms with E-state index < -0.39 is 30.7 Å². The molecular formula is C7H12F3NO3. The van der Waals surface area contributed by atoms with Gasteiger partial charge >= 0.3 is 12.1 Å². The van der Waals surface area contributed by atoms with E-state index in [1.54, 1.807) is 0 Å². The van der Waals surface area contributed by atoms with Crippen molar-refractivity contribution in [2.24, 2.45) is 5.73 Å². The van der Waals surface area contributed by atoms with Crippen LogP contribution in [0.1, 0.15) is 19.3 Å². The molecule has 0 saturated carbocycles. The number of aliphatic hydroxyl groups is 1. The highest BCUT2D eigenvalue weighted by molar-refractivity contribution is 5.72. The minimum absolute atomic E-state index is 0.0753. The molecule has 0 aromatic heterocycles. The highest BCUT2D eigenvalue weighted by Crippen LogP contribution is 2.23. The second-order valence-electron chi connectivity index (χ2n) is 2.93. The van der Waals surface area contributed by atoms with Crippen molar-refractivity contribution in [3.8, 4) is 0 Å². The Labute approximate surface area is 78.5 Å². The van der Waals surface area contributed by atoms with Crippen LogP contribution >= 0.6 is 0 Å². The van der Waals surface area contributed by atoms with Crippen LogP contribution in [0.3, 0.4) is 0 Å². The molecule has 0 heterocycles. The first-order valence-electron chi connectivity index (χ1n) is 3.98. The van der Waals surface area contributed by atoms with Gasteiger partial charge in [-0.15, -0.1) is 0 Å². The van der Waals surface area contributed by atoms with Crippen molar-refractivity contribution in [1.29, 1.82) is 0 Å². The summed E-state index contributed by atoms with van der Waals surface area (Å²) in [5, 5.41) is 16.8. The van der Waals surface area contributed by atoms with Crippen LogP contribution < -0.4 is 5.73 Å². The molecule has 0 aromatic carbocycles. The number of nitrogens with two attached hydrogens (primary N) is 1. The maximum atomic E-state index is 11.7. The van der Waals surface area contributed by atoms with Crippen molar-refractivity contribution in [3.05, 3.63) is 0 Å². The Kier molecular flexibility index (Phi) is 4.86. The molecule has 0 saturated heterocycles. The monoisotopic (exact) mass is 215 g/mol. The Bertz CT molecular complexity index is 195. The van der Waals surface area contributed by atoms with Crippen molar-refractivity contribution in [3.63, 3.8) is 0 Å². The van der Waals surface area contributed by atoms with Crippen LogP contribution in [0.5, 0.6) is 0 Å². The molecule has 84 valence electrons. The standard InChI is InChI=1S/C7H12F3NO3/c8-7(9,10)5(12)3-1-2-4(11)6(13)14/h4-5,12H,1-3,11H2,(H,13,14)/t4-,5?/m0/s1. The van der Waals surface area contributed by atoms with Gasteiger partial charge in [-0.1, -0.05) is 0 Å². The molecule has 0 aromatic rings. The predicted octanol–water partition coefficient (Wildman–Crippen LogP) is 0.492. The summed E-state index contributed by atoms with van der Waals surface area (Å²) in [4.78, 5) is 10.2. The minimum Gasteiger partial charge on any atom is -0.480 e. The molecule has 0 aliphatic heterocycles. The SMILES string of the molecule is N[C@@H](CCCC(O)C(F)(F)F)C(=O)O. The lowest BCUT2D eigenvalue weighted by Gasteiger charge is -2.14. The van der Waals surface area contributed by atoms with Gasteiger partial charge in [-0.05, 0) is 19.3 Å². The number of carboxylic acids is 1. The van der Waals surface area contributed by atoms with E-state index >= 15 is 0 Å². The van der Waals surface area contributed by atoms with Gasteiger partial charge in [0.25, 0.3) is 0 Å². The number of alkyl halides is 3. The van der Waals surface area contributed by atoms with Crippen molar-refractivity contribution < 1.29 is 28.2 Å². The topological polar surface area (TPSA) is 83.5 Å². The van der Waals surface area contributed by atoms with E-state index in [0.717, 1.165) is 0 Å². The lowest BCUT2D eigenvalue weighted by Crippen LogP contribution is -2.32. The quantitative estimate of drug-likeness (QED) is 0.623. The van der Waals surface area contributed by atoms with Crippen LogP contribution in [0, 0.1) is 0 Å². The van der Waals surface area contributed by atoms with Gasteiger partial charge in [-0.25, -0.2) is 0 Å². The van der Waals surface area contributed by atoms with E-state index in [0.29, 0.717) is 0 Å². The molecule has 4 N–H and O–H groups in total. The average Bonchev–Trinajstić information content (AvgIpc) is 2.01. The fourth-order valence-corrected chi connectivity index (χ4v) is 0.818. The second-order valence-corrected chi connectivity index (χ2v) is 2.93. The van der Waals surface area contributed by atoms with E-state index in [9.17, 15) is 18.0 Å². The normalized spacial score (nSPS) is 16.4. The van der Waals surface area contributed by atoms with Crippen LogP contribution in [0.15, 0.2) is 0 Å². The van der Waals surface area contributed by atoms with Crippen molar-refractivity contribution in [1.82, 2.24) is 0 Å². The lowest BCUT2D eigenvalue weighted by atomic mass is 10.1. The van der Waals surface area contributed by atoms with Gasteiger partial charge in [0.15, 0.2) is 0 Å². The Morgan fingerprint density at radius 2 is 1.86 bits per heavy atom. The number of carbonyl (C=O) groups is 1. The fourth-order valence-electron chi connectivity index (χ4n) is 0.818. The van der Waals surface area contributed by atoms with Crippen LogP contribution in [0.25, 0.3) is 0 Å². The molecule has 0 spiro atoms. The molecular weight excluding hydrogens is 203 g/mol. The van der Waals surface area contributed by atoms with E-state index in [1.807, 2.05) is 0 Å². The van der Waals surface area contributed by atoms with Gasteiger partial charge in [0.2, 0.25) is 0 Å². The summed E-state index contributed by atoms with van der Waals surface area (Å²) in [7, 11) is 0. The third kappa shape index (κ3) is 5.03. The smallest absolute Gasteiger partial charge is 0.414 e. The first kappa shape index (κ1) is 13.2. The van der Waals surface area contributed by atoms with E-state index in [4.69, 9.17) is 15.9 Å². The Morgan fingerprint density at radius 1 is 1.36 bits per heavy atom. The van der Waals surface area contributed by atoms with E-state index in [1.165, 1.54) is 0 Å². The van der Waals surface area contributed by atoms with Gasteiger partial charge in [0.05, 0.1) is 0 Å². The van der Waals surface area contributed by atoms with Crippen LogP contribution in [0.2, 0.25) is 0 Å². The molecule has 0 bridgehead atoms. The van der Waals surface area contributed by atoms with Gasteiger partial charge in [0.1, 0.15) is 12.1 Å². The Morgan fingerprint density at radius 3 is 2.21 bits per heavy atom. The molecule has 2 atom stereocenters. The molecule has 0 rings (SSSR count). The summed E-state index contributed by atoms with van der Waals surface area (Å²) in [5.41, 5.74) is 5.05. The molecule has 0 aliphatic rings. The molecule has 0 fully saturated rings. The first-order chi connectivity index (χ1) is 6.25. The van der Waals surface area contributed by atoms with Gasteiger partial charge in [-0.3, -0.25) is 4.79 Å². The lowest BCUT2D eigenvalue weighted by molar-refractivity contribution is -0.205. The van der Waals surface area contributed by atoms with E-state index in [-0.39, 0.29) is 12.8 Å².